The Hall–Kier alpha value is -1.11. The summed E-state index contributed by atoms with van der Waals surface area (Å²) >= 11 is 6.16. The number of nitrogens with one attached hydrogen (secondary N) is 1. The number of methoxy groups -OCH3 is 1. The molecule has 0 aliphatic heterocycles. The Morgan fingerprint density at radius 1 is 1.27 bits per heavy atom. The molecule has 1 saturated carbocycles. The Morgan fingerprint density at radius 2 is 1.94 bits per heavy atom. The molecule has 0 saturated heterocycles. The predicted octanol–water partition coefficient (Wildman–Crippen LogP) is 1.64. The number of aromatic nitrogens is 3. The smallest absolute Gasteiger partial charge is 0.340 e. The molecule has 2 aromatic heterocycles. The van der Waals surface area contributed by atoms with Gasteiger partial charge in [-0.25, -0.2) is 9.67 Å². The minimum Gasteiger partial charge on any atom is -0.386 e. The maximum absolute atomic E-state index is 11.9. The average Bonchev–Trinajstić information content (AvgIpc) is 3.35. The van der Waals surface area contributed by atoms with Gasteiger partial charge in [0.05, 0.1) is 23.9 Å². The van der Waals surface area contributed by atoms with Crippen molar-refractivity contribution >= 4 is 43.5 Å². The lowest BCUT2D eigenvalue weighted by Crippen LogP contribution is -2.39. The molecule has 1 aliphatic carbocycles. The topological polar surface area (TPSA) is 196 Å². The molecule has 4 atom stereocenters. The lowest BCUT2D eigenvalue weighted by Gasteiger charge is -2.26. The summed E-state index contributed by atoms with van der Waals surface area (Å²) in [6.07, 6.45) is 0.991. The lowest BCUT2D eigenvalue weighted by atomic mass is 10.2. The molecule has 33 heavy (non-hydrogen) atoms. The van der Waals surface area contributed by atoms with Crippen LogP contribution in [-0.2, 0) is 18.4 Å². The zero-order valence-corrected chi connectivity index (χ0v) is 20.2. The number of aliphatic hydroxyl groups excluding tert-OH is 2. The normalized spacial score (nSPS) is 20.0. The molecule has 6 N–H and O–H groups in total. The van der Waals surface area contributed by atoms with Crippen LogP contribution >= 0.6 is 26.8 Å². The second-order valence-electron chi connectivity index (χ2n) is 7.86. The van der Waals surface area contributed by atoms with Crippen LogP contribution in [0.2, 0.25) is 5.15 Å². The molecule has 0 spiro atoms. The van der Waals surface area contributed by atoms with Crippen LogP contribution in [0.5, 0.6) is 0 Å². The van der Waals surface area contributed by atoms with Gasteiger partial charge < -0.3 is 39.5 Å². The zero-order chi connectivity index (χ0) is 24.4. The highest BCUT2D eigenvalue weighted by Crippen LogP contribution is 2.55. The van der Waals surface area contributed by atoms with E-state index in [-0.39, 0.29) is 16.8 Å². The summed E-state index contributed by atoms with van der Waals surface area (Å²) in [4.78, 5) is 31.6. The standard InChI is InChI=1S/C17H27ClN4O9P2/c1-30-13(8-31-33(28,29)9-32(25,26)27)15(23)17(24)22-16-11(7-19-22)12(6-14(18)21-16)20-10-4-2-3-5-10/h6-7,10,13,15,17,23-24H,2-5,8-9H2,1H3,(H,20,21)(H,28,29)(H2,25,26,27)/t13-,15-,17-/m1/s1. The molecule has 0 amide bonds. The van der Waals surface area contributed by atoms with Gasteiger partial charge in [-0.3, -0.25) is 9.13 Å². The highest BCUT2D eigenvalue weighted by Gasteiger charge is 2.35. The number of pyridine rings is 1. The van der Waals surface area contributed by atoms with Crippen LogP contribution in [0.25, 0.3) is 11.0 Å². The van der Waals surface area contributed by atoms with E-state index in [0.29, 0.717) is 11.1 Å². The number of rotatable bonds is 11. The van der Waals surface area contributed by atoms with E-state index < -0.39 is 46.1 Å². The first kappa shape index (κ1) is 26.5. The molecule has 2 heterocycles. The second kappa shape index (κ2) is 10.7. The fourth-order valence-corrected chi connectivity index (χ4v) is 6.45. The Balaban J connectivity index is 1.77. The molecule has 1 unspecified atom stereocenters. The van der Waals surface area contributed by atoms with E-state index in [2.05, 4.69) is 15.4 Å². The lowest BCUT2D eigenvalue weighted by molar-refractivity contribution is -0.117. The molecule has 186 valence electrons. The van der Waals surface area contributed by atoms with Crippen LogP contribution in [0, 0.1) is 0 Å². The molecule has 3 rings (SSSR count). The molecule has 0 bridgehead atoms. The monoisotopic (exact) mass is 528 g/mol. The molecule has 16 heteroatoms. The minimum absolute atomic E-state index is 0.150. The first-order valence-corrected chi connectivity index (χ1v) is 14.0. The van der Waals surface area contributed by atoms with E-state index >= 15 is 0 Å². The van der Waals surface area contributed by atoms with Crippen LogP contribution < -0.4 is 5.32 Å². The second-order valence-corrected chi connectivity index (χ2v) is 12.2. The maximum atomic E-state index is 11.9. The largest absolute Gasteiger partial charge is 0.386 e. The van der Waals surface area contributed by atoms with E-state index in [1.807, 2.05) is 0 Å². The molecule has 13 nitrogen and oxygen atoms in total. The zero-order valence-electron chi connectivity index (χ0n) is 17.7. The van der Waals surface area contributed by atoms with Gasteiger partial charge in [-0.15, -0.1) is 0 Å². The van der Waals surface area contributed by atoms with Gasteiger partial charge in [0.25, 0.3) is 0 Å². The van der Waals surface area contributed by atoms with Crippen molar-refractivity contribution in [2.75, 3.05) is 24.9 Å². The third-order valence-electron chi connectivity index (χ3n) is 5.29. The van der Waals surface area contributed by atoms with E-state index in [0.717, 1.165) is 37.5 Å². The number of anilines is 1. The van der Waals surface area contributed by atoms with Gasteiger partial charge in [0.2, 0.25) is 0 Å². The Bertz CT molecular complexity index is 1060. The summed E-state index contributed by atoms with van der Waals surface area (Å²) in [6.45, 7) is -0.732. The summed E-state index contributed by atoms with van der Waals surface area (Å²) in [5.74, 6) is -1.39. The number of hydrogen-bond donors (Lipinski definition) is 6. The number of fused-ring (bicyclic) bond motifs is 1. The van der Waals surface area contributed by atoms with Crippen molar-refractivity contribution in [3.8, 4) is 0 Å². The van der Waals surface area contributed by atoms with Crippen LogP contribution in [0.15, 0.2) is 12.3 Å². The number of nitrogens with zero attached hydrogens (tertiary/aromatic N) is 3. The summed E-state index contributed by atoms with van der Waals surface area (Å²) in [6, 6.07) is 1.94. The third-order valence-corrected chi connectivity index (χ3v) is 8.94. The number of aliphatic hydroxyl groups is 2. The van der Waals surface area contributed by atoms with Crippen LogP contribution in [0.1, 0.15) is 31.9 Å². The van der Waals surface area contributed by atoms with Gasteiger partial charge in [-0.2, -0.15) is 5.10 Å². The molecule has 2 aromatic rings. The molecule has 1 aliphatic rings. The Morgan fingerprint density at radius 3 is 2.55 bits per heavy atom. The summed E-state index contributed by atoms with van der Waals surface area (Å²) in [5.41, 5.74) is 0.884. The fraction of sp³-hybridized carbons (Fsp3) is 0.647. The highest BCUT2D eigenvalue weighted by atomic mass is 35.5. The molecule has 0 aromatic carbocycles. The number of hydrogen-bond acceptors (Lipinski definition) is 9. The molecular weight excluding hydrogens is 502 g/mol. The van der Waals surface area contributed by atoms with Crippen molar-refractivity contribution < 1.29 is 43.3 Å². The molecule has 1 fully saturated rings. The van der Waals surface area contributed by atoms with E-state index in [1.165, 1.54) is 6.20 Å². The quantitative estimate of drug-likeness (QED) is 0.182. The highest BCUT2D eigenvalue weighted by molar-refractivity contribution is 7.70. The van der Waals surface area contributed by atoms with Crippen molar-refractivity contribution in [1.29, 1.82) is 0 Å². The summed E-state index contributed by atoms with van der Waals surface area (Å²) < 4.78 is 33.6. The van der Waals surface area contributed by atoms with Gasteiger partial charge in [0.15, 0.2) is 17.8 Å². The van der Waals surface area contributed by atoms with Gasteiger partial charge in [0, 0.05) is 13.2 Å². The maximum Gasteiger partial charge on any atom is 0.340 e. The van der Waals surface area contributed by atoms with Crippen molar-refractivity contribution in [3.05, 3.63) is 17.4 Å². The molecule has 0 radical (unpaired) electrons. The van der Waals surface area contributed by atoms with Gasteiger partial charge in [-0.1, -0.05) is 24.4 Å². The Kier molecular flexibility index (Phi) is 8.56. The SMILES string of the molecule is CO[C@H](COP(=O)(O)CP(=O)(O)O)[C@@H](O)[C@@H](O)n1ncc2c(NC3CCCC3)cc(Cl)nc21. The van der Waals surface area contributed by atoms with E-state index in [4.69, 9.17) is 30.6 Å². The predicted molar refractivity (Wildman–Crippen MR) is 119 cm³/mol. The molecular formula is C17H27ClN4O9P2. The first-order chi connectivity index (χ1) is 15.4. The average molecular weight is 529 g/mol. The van der Waals surface area contributed by atoms with Crippen molar-refractivity contribution in [2.45, 2.75) is 50.2 Å². The first-order valence-electron chi connectivity index (χ1n) is 10.1. The minimum atomic E-state index is -4.82. The van der Waals surface area contributed by atoms with Crippen molar-refractivity contribution in [2.24, 2.45) is 0 Å². The number of halogens is 1. The number of ether oxygens (including phenoxy) is 1. The van der Waals surface area contributed by atoms with Gasteiger partial charge in [0.1, 0.15) is 17.4 Å². The van der Waals surface area contributed by atoms with Crippen molar-refractivity contribution in [1.82, 2.24) is 14.8 Å². The van der Waals surface area contributed by atoms with Gasteiger partial charge in [-0.05, 0) is 18.9 Å². The van der Waals surface area contributed by atoms with Gasteiger partial charge >= 0.3 is 15.2 Å². The summed E-state index contributed by atoms with van der Waals surface area (Å²) in [7, 11) is -8.33. The van der Waals surface area contributed by atoms with Crippen LogP contribution in [-0.4, -0.2) is 77.5 Å². The van der Waals surface area contributed by atoms with E-state index in [1.54, 1.807) is 6.07 Å². The Labute approximate surface area is 194 Å². The van der Waals surface area contributed by atoms with Crippen LogP contribution in [0.4, 0.5) is 5.69 Å². The van der Waals surface area contributed by atoms with Crippen LogP contribution in [0.3, 0.4) is 0 Å². The fourth-order valence-electron chi connectivity index (χ4n) is 3.70. The van der Waals surface area contributed by atoms with E-state index in [9.17, 15) is 24.2 Å². The third kappa shape index (κ3) is 6.95. The van der Waals surface area contributed by atoms with Crippen molar-refractivity contribution in [3.63, 3.8) is 0 Å². The summed E-state index contributed by atoms with van der Waals surface area (Å²) in [5, 5.41) is 29.5.